The molecule has 0 unspecified atom stereocenters. The quantitative estimate of drug-likeness (QED) is 0.375. The molecule has 0 spiro atoms. The fourth-order valence-electron chi connectivity index (χ4n) is 2.96. The van der Waals surface area contributed by atoms with E-state index in [0.717, 1.165) is 16.3 Å². The van der Waals surface area contributed by atoms with Gasteiger partial charge in [0, 0.05) is 28.8 Å². The Bertz CT molecular complexity index is 1250. The molecule has 0 aliphatic carbocycles. The van der Waals surface area contributed by atoms with E-state index < -0.39 is 5.91 Å². The van der Waals surface area contributed by atoms with Gasteiger partial charge in [-0.15, -0.1) is 11.3 Å². The van der Waals surface area contributed by atoms with Crippen LogP contribution in [0.4, 0.5) is 0 Å². The summed E-state index contributed by atoms with van der Waals surface area (Å²) in [6.45, 7) is 2.51. The number of nitrogens with two attached hydrogens (primary N) is 1. The number of rotatable bonds is 6. The molecule has 146 valence electrons. The van der Waals surface area contributed by atoms with Crippen LogP contribution in [0.1, 0.15) is 23.0 Å². The van der Waals surface area contributed by atoms with Gasteiger partial charge in [0.1, 0.15) is 5.01 Å². The maximum absolute atomic E-state index is 12.7. The first-order valence-electron chi connectivity index (χ1n) is 9.04. The molecule has 0 fully saturated rings. The van der Waals surface area contributed by atoms with Crippen LogP contribution in [0.5, 0.6) is 0 Å². The third kappa shape index (κ3) is 3.94. The maximum Gasteiger partial charge on any atom is 0.262 e. The number of hydrogen-bond donors (Lipinski definition) is 1. The predicted molar refractivity (Wildman–Crippen MR) is 117 cm³/mol. The van der Waals surface area contributed by atoms with E-state index in [2.05, 4.69) is 9.97 Å². The summed E-state index contributed by atoms with van der Waals surface area (Å²) >= 11 is 3.04. The van der Waals surface area contributed by atoms with Gasteiger partial charge in [0.05, 0.1) is 16.6 Å². The number of carbonyl (C=O) groups is 1. The van der Waals surface area contributed by atoms with E-state index in [4.69, 9.17) is 5.73 Å². The lowest BCUT2D eigenvalue weighted by molar-refractivity contribution is 0.100. The summed E-state index contributed by atoms with van der Waals surface area (Å²) in [7, 11) is 0. The lowest BCUT2D eigenvalue weighted by atomic mass is 10.1. The summed E-state index contributed by atoms with van der Waals surface area (Å²) < 4.78 is 1.70. The molecule has 0 atom stereocenters. The maximum atomic E-state index is 12.7. The minimum absolute atomic E-state index is 0.0193. The third-order valence-corrected chi connectivity index (χ3v) is 6.41. The average Bonchev–Trinajstić information content (AvgIpc) is 3.21. The fourth-order valence-corrected chi connectivity index (χ4v) is 4.85. The minimum atomic E-state index is -0.447. The van der Waals surface area contributed by atoms with Crippen molar-refractivity contribution in [2.75, 3.05) is 0 Å². The number of amides is 1. The zero-order chi connectivity index (χ0) is 20.4. The first kappa shape index (κ1) is 19.4. The second kappa shape index (κ2) is 8.18. The Labute approximate surface area is 175 Å². The molecule has 0 bridgehead atoms. The highest BCUT2D eigenvalue weighted by molar-refractivity contribution is 7.98. The van der Waals surface area contributed by atoms with Crippen LogP contribution in [0.3, 0.4) is 0 Å². The summed E-state index contributed by atoms with van der Waals surface area (Å²) in [6, 6.07) is 14.5. The second-order valence-corrected chi connectivity index (χ2v) is 8.14. The Morgan fingerprint density at radius 3 is 2.62 bits per heavy atom. The number of primary amides is 1. The van der Waals surface area contributed by atoms with E-state index in [1.807, 2.05) is 48.7 Å². The van der Waals surface area contributed by atoms with Crippen molar-refractivity contribution >= 4 is 39.9 Å². The molecule has 2 aromatic carbocycles. The van der Waals surface area contributed by atoms with Crippen LogP contribution in [0.15, 0.2) is 63.9 Å². The summed E-state index contributed by atoms with van der Waals surface area (Å²) in [5.74, 6) is 0.165. The Morgan fingerprint density at radius 1 is 1.14 bits per heavy atom. The van der Waals surface area contributed by atoms with E-state index in [1.54, 1.807) is 16.7 Å². The molecule has 0 radical (unpaired) electrons. The van der Waals surface area contributed by atoms with Gasteiger partial charge >= 0.3 is 0 Å². The number of aromatic nitrogens is 3. The zero-order valence-corrected chi connectivity index (χ0v) is 17.3. The first-order valence-corrected chi connectivity index (χ1v) is 10.9. The summed E-state index contributed by atoms with van der Waals surface area (Å²) in [4.78, 5) is 33.3. The van der Waals surface area contributed by atoms with Crippen LogP contribution in [-0.2, 0) is 12.3 Å². The third-order valence-electron chi connectivity index (χ3n) is 4.46. The first-order chi connectivity index (χ1) is 14.1. The molecule has 4 aromatic rings. The van der Waals surface area contributed by atoms with Crippen molar-refractivity contribution in [2.45, 2.75) is 24.4 Å². The van der Waals surface area contributed by atoms with E-state index in [-0.39, 0.29) is 5.56 Å². The van der Waals surface area contributed by atoms with Gasteiger partial charge in [-0.05, 0) is 31.2 Å². The summed E-state index contributed by atoms with van der Waals surface area (Å²) in [5, 5.41) is 4.20. The number of thiazole rings is 1. The molecule has 4 rings (SSSR count). The fraction of sp³-hybridized carbons (Fsp3) is 0.143. The SMILES string of the molecule is CCn1c(SCc2csc(-c3ccc(C(N)=O)cc3)n2)nc2ccccc2c1=O. The van der Waals surface area contributed by atoms with Crippen LogP contribution in [0.25, 0.3) is 21.5 Å². The van der Waals surface area contributed by atoms with Gasteiger partial charge < -0.3 is 5.73 Å². The van der Waals surface area contributed by atoms with Crippen LogP contribution < -0.4 is 11.3 Å². The topological polar surface area (TPSA) is 90.9 Å². The molecule has 2 aromatic heterocycles. The van der Waals surface area contributed by atoms with E-state index in [9.17, 15) is 9.59 Å². The number of hydrogen-bond acceptors (Lipinski definition) is 6. The number of thioether (sulfide) groups is 1. The van der Waals surface area contributed by atoms with Crippen molar-refractivity contribution in [1.82, 2.24) is 14.5 Å². The molecule has 0 aliphatic heterocycles. The van der Waals surface area contributed by atoms with Gasteiger partial charge in [-0.2, -0.15) is 0 Å². The van der Waals surface area contributed by atoms with E-state index in [0.29, 0.717) is 33.9 Å². The lowest BCUT2D eigenvalue weighted by Gasteiger charge is -2.10. The van der Waals surface area contributed by atoms with E-state index in [1.165, 1.54) is 23.1 Å². The van der Waals surface area contributed by atoms with Crippen LogP contribution in [0.2, 0.25) is 0 Å². The van der Waals surface area contributed by atoms with Gasteiger partial charge in [-0.1, -0.05) is 36.0 Å². The molecule has 29 heavy (non-hydrogen) atoms. The van der Waals surface area contributed by atoms with Gasteiger partial charge in [-0.3, -0.25) is 14.2 Å². The van der Waals surface area contributed by atoms with Crippen LogP contribution in [-0.4, -0.2) is 20.4 Å². The molecule has 8 heteroatoms. The standard InChI is InChI=1S/C21H18N4O2S2/c1-2-25-20(27)16-5-3-4-6-17(16)24-21(25)29-12-15-11-28-19(23-15)14-9-7-13(8-10-14)18(22)26/h3-11H,2,12H2,1H3,(H2,22,26). The van der Waals surface area contributed by atoms with Gasteiger partial charge in [0.15, 0.2) is 5.16 Å². The molecule has 2 heterocycles. The normalized spacial score (nSPS) is 11.1. The molecule has 1 amide bonds. The monoisotopic (exact) mass is 422 g/mol. The highest BCUT2D eigenvalue weighted by Crippen LogP contribution is 2.28. The Kier molecular flexibility index (Phi) is 5.46. The van der Waals surface area contributed by atoms with Crippen molar-refractivity contribution < 1.29 is 4.79 Å². The number of para-hydroxylation sites is 1. The Morgan fingerprint density at radius 2 is 1.90 bits per heavy atom. The second-order valence-electron chi connectivity index (χ2n) is 6.34. The lowest BCUT2D eigenvalue weighted by Crippen LogP contribution is -2.22. The molecule has 0 saturated carbocycles. The predicted octanol–water partition coefficient (Wildman–Crippen LogP) is 3.93. The van der Waals surface area contributed by atoms with Gasteiger partial charge in [0.2, 0.25) is 5.91 Å². The largest absolute Gasteiger partial charge is 0.366 e. The Hall–Kier alpha value is -2.97. The number of nitrogens with zero attached hydrogens (tertiary/aromatic N) is 3. The van der Waals surface area contributed by atoms with Crippen LogP contribution >= 0.6 is 23.1 Å². The Balaban J connectivity index is 1.56. The summed E-state index contributed by atoms with van der Waals surface area (Å²) in [6.07, 6.45) is 0. The molecule has 0 saturated heterocycles. The molecular formula is C21H18N4O2S2. The molecule has 6 nitrogen and oxygen atoms in total. The minimum Gasteiger partial charge on any atom is -0.366 e. The highest BCUT2D eigenvalue weighted by atomic mass is 32.2. The number of benzene rings is 2. The van der Waals surface area contributed by atoms with Crippen molar-refractivity contribution in [2.24, 2.45) is 5.73 Å². The highest BCUT2D eigenvalue weighted by Gasteiger charge is 2.12. The molecule has 2 N–H and O–H groups in total. The van der Waals surface area contributed by atoms with Crippen LogP contribution in [0, 0.1) is 0 Å². The van der Waals surface area contributed by atoms with Gasteiger partial charge in [-0.25, -0.2) is 9.97 Å². The smallest absolute Gasteiger partial charge is 0.262 e. The molecular weight excluding hydrogens is 404 g/mol. The molecule has 0 aliphatic rings. The zero-order valence-electron chi connectivity index (χ0n) is 15.7. The average molecular weight is 423 g/mol. The van der Waals surface area contributed by atoms with Crippen molar-refractivity contribution in [3.8, 4) is 10.6 Å². The van der Waals surface area contributed by atoms with Crippen molar-refractivity contribution in [3.05, 3.63) is 75.5 Å². The number of fused-ring (bicyclic) bond motifs is 1. The van der Waals surface area contributed by atoms with Gasteiger partial charge in [0.25, 0.3) is 5.56 Å². The van der Waals surface area contributed by atoms with Crippen molar-refractivity contribution in [3.63, 3.8) is 0 Å². The number of carbonyl (C=O) groups excluding carboxylic acids is 1. The van der Waals surface area contributed by atoms with E-state index >= 15 is 0 Å². The summed E-state index contributed by atoms with van der Waals surface area (Å²) in [5.41, 5.74) is 8.30. The van der Waals surface area contributed by atoms with Crippen molar-refractivity contribution in [1.29, 1.82) is 0 Å².